The van der Waals surface area contributed by atoms with E-state index in [0.717, 1.165) is 22.3 Å². The minimum atomic E-state index is -4.89. The number of halogens is 6. The molecular weight excluding hydrogens is 404 g/mol. The van der Waals surface area contributed by atoms with Crippen molar-refractivity contribution in [2.45, 2.75) is 31.6 Å². The Morgan fingerprint density at radius 3 is 1.80 bits per heavy atom. The van der Waals surface area contributed by atoms with Crippen molar-refractivity contribution < 1.29 is 26.3 Å². The Morgan fingerprint density at radius 2 is 1.20 bits per heavy atom. The van der Waals surface area contributed by atoms with Crippen molar-refractivity contribution in [2.75, 3.05) is 5.32 Å². The largest absolute Gasteiger partial charge is 0.416 e. The maximum atomic E-state index is 13.1. The van der Waals surface area contributed by atoms with Gasteiger partial charge in [0.05, 0.1) is 11.1 Å². The van der Waals surface area contributed by atoms with E-state index in [4.69, 9.17) is 0 Å². The fourth-order valence-electron chi connectivity index (χ4n) is 3.98. The number of alkyl halides is 6. The average Bonchev–Trinajstić information content (AvgIpc) is 2.88. The van der Waals surface area contributed by atoms with Gasteiger partial charge >= 0.3 is 12.4 Å². The van der Waals surface area contributed by atoms with Crippen molar-refractivity contribution in [3.05, 3.63) is 82.9 Å². The smallest absolute Gasteiger partial charge is 0.355 e. The van der Waals surface area contributed by atoms with Gasteiger partial charge in [-0.2, -0.15) is 26.3 Å². The highest BCUT2D eigenvalue weighted by Gasteiger charge is 2.37. The fraction of sp³-hybridized carbons (Fsp3) is 0.217. The first kappa shape index (κ1) is 20.3. The van der Waals surface area contributed by atoms with E-state index < -0.39 is 23.5 Å². The summed E-state index contributed by atoms with van der Waals surface area (Å²) in [4.78, 5) is 0. The molecule has 156 valence electrons. The van der Waals surface area contributed by atoms with Gasteiger partial charge in [-0.3, -0.25) is 0 Å². The molecule has 4 rings (SSSR count). The number of hydrogen-bond acceptors (Lipinski definition) is 1. The molecule has 0 aliphatic heterocycles. The van der Waals surface area contributed by atoms with Crippen LogP contribution in [0.2, 0.25) is 0 Å². The van der Waals surface area contributed by atoms with Crippen molar-refractivity contribution in [1.29, 1.82) is 0 Å². The van der Waals surface area contributed by atoms with Crippen molar-refractivity contribution in [3.8, 4) is 11.1 Å². The van der Waals surface area contributed by atoms with Gasteiger partial charge in [-0.25, -0.2) is 0 Å². The van der Waals surface area contributed by atoms with Gasteiger partial charge in [0.1, 0.15) is 0 Å². The molecule has 1 aliphatic rings. The lowest BCUT2D eigenvalue weighted by atomic mass is 9.82. The van der Waals surface area contributed by atoms with E-state index in [2.05, 4.69) is 5.32 Å². The third kappa shape index (κ3) is 3.42. The topological polar surface area (TPSA) is 12.0 Å². The molecule has 0 atom stereocenters. The summed E-state index contributed by atoms with van der Waals surface area (Å²) < 4.78 is 78.7. The van der Waals surface area contributed by atoms with Gasteiger partial charge < -0.3 is 5.32 Å². The highest BCUT2D eigenvalue weighted by molar-refractivity contribution is 5.83. The van der Waals surface area contributed by atoms with Crippen LogP contribution < -0.4 is 5.32 Å². The van der Waals surface area contributed by atoms with Crippen LogP contribution in [0.25, 0.3) is 11.1 Å². The average molecular weight is 421 g/mol. The molecule has 0 amide bonds. The highest BCUT2D eigenvalue weighted by Crippen LogP contribution is 2.49. The van der Waals surface area contributed by atoms with Crippen LogP contribution in [0.3, 0.4) is 0 Å². The third-order valence-electron chi connectivity index (χ3n) is 5.46. The van der Waals surface area contributed by atoms with Crippen molar-refractivity contribution in [3.63, 3.8) is 0 Å². The van der Waals surface area contributed by atoms with Gasteiger partial charge in [-0.05, 0) is 52.6 Å². The molecule has 0 radical (unpaired) electrons. The minimum absolute atomic E-state index is 0.119. The van der Waals surface area contributed by atoms with E-state index in [1.165, 1.54) is 0 Å². The van der Waals surface area contributed by atoms with Crippen LogP contribution in [0.15, 0.2) is 60.7 Å². The van der Waals surface area contributed by atoms with Crippen LogP contribution in [-0.4, -0.2) is 0 Å². The number of hydrogen-bond donors (Lipinski definition) is 1. The fourth-order valence-corrected chi connectivity index (χ4v) is 3.98. The first-order chi connectivity index (χ1) is 13.9. The van der Waals surface area contributed by atoms with Gasteiger partial charge in [0.2, 0.25) is 0 Å². The molecule has 30 heavy (non-hydrogen) atoms. The standard InChI is InChI=1S/C23H17F6N/c1-21(2)19-6-4-3-5-17(19)18-8-7-15(12-20(18)21)30-16-10-13(22(24,25)26)9-14(11-16)23(27,28)29/h3-12,30H,1-2H3. The molecular formula is C23H17F6N. The molecule has 0 heterocycles. The predicted octanol–water partition coefficient (Wildman–Crippen LogP) is 7.77. The summed E-state index contributed by atoms with van der Waals surface area (Å²) in [6, 6.07) is 14.6. The van der Waals surface area contributed by atoms with Gasteiger partial charge in [-0.15, -0.1) is 0 Å². The summed E-state index contributed by atoms with van der Waals surface area (Å²) in [5.41, 5.74) is 1.25. The number of rotatable bonds is 2. The summed E-state index contributed by atoms with van der Waals surface area (Å²) in [7, 11) is 0. The molecule has 1 aliphatic carbocycles. The zero-order chi connectivity index (χ0) is 21.9. The molecule has 3 aromatic carbocycles. The van der Waals surface area contributed by atoms with E-state index >= 15 is 0 Å². The Kier molecular flexibility index (Phi) is 4.42. The number of fused-ring (bicyclic) bond motifs is 3. The summed E-state index contributed by atoms with van der Waals surface area (Å²) in [6.45, 7) is 4.07. The monoisotopic (exact) mass is 421 g/mol. The molecule has 7 heteroatoms. The lowest BCUT2D eigenvalue weighted by Crippen LogP contribution is -2.15. The minimum Gasteiger partial charge on any atom is -0.355 e. The summed E-state index contributed by atoms with van der Waals surface area (Å²) in [5, 5.41) is 2.72. The molecule has 0 bridgehead atoms. The van der Waals surface area contributed by atoms with Gasteiger partial charge in [0.15, 0.2) is 0 Å². The Bertz CT molecular complexity index is 1090. The van der Waals surface area contributed by atoms with E-state index in [1.54, 1.807) is 12.1 Å². The number of nitrogens with one attached hydrogen (secondary N) is 1. The highest BCUT2D eigenvalue weighted by atomic mass is 19.4. The SMILES string of the molecule is CC1(C)c2ccccc2-c2ccc(Nc3cc(C(F)(F)F)cc(C(F)(F)F)c3)cc21. The van der Waals surface area contributed by atoms with Crippen LogP contribution in [0.5, 0.6) is 0 Å². The number of anilines is 2. The van der Waals surface area contributed by atoms with E-state index in [1.807, 2.05) is 44.2 Å². The van der Waals surface area contributed by atoms with E-state index in [-0.39, 0.29) is 17.2 Å². The maximum absolute atomic E-state index is 13.1. The van der Waals surface area contributed by atoms with Gasteiger partial charge in [-0.1, -0.05) is 44.2 Å². The molecule has 0 aromatic heterocycles. The summed E-state index contributed by atoms with van der Waals surface area (Å²) in [5.74, 6) is 0. The van der Waals surface area contributed by atoms with Crippen LogP contribution in [0.4, 0.5) is 37.7 Å². The molecule has 3 aromatic rings. The molecule has 0 fully saturated rings. The van der Waals surface area contributed by atoms with Crippen LogP contribution in [-0.2, 0) is 17.8 Å². The van der Waals surface area contributed by atoms with Crippen LogP contribution >= 0.6 is 0 Å². The molecule has 1 N–H and O–H groups in total. The van der Waals surface area contributed by atoms with Crippen molar-refractivity contribution in [1.82, 2.24) is 0 Å². The lowest BCUT2D eigenvalue weighted by molar-refractivity contribution is -0.143. The molecule has 0 spiro atoms. The summed E-state index contributed by atoms with van der Waals surface area (Å²) >= 11 is 0. The van der Waals surface area contributed by atoms with E-state index in [9.17, 15) is 26.3 Å². The zero-order valence-corrected chi connectivity index (χ0v) is 16.0. The van der Waals surface area contributed by atoms with Crippen LogP contribution in [0, 0.1) is 0 Å². The van der Waals surface area contributed by atoms with E-state index in [0.29, 0.717) is 17.8 Å². The second kappa shape index (κ2) is 6.52. The maximum Gasteiger partial charge on any atom is 0.416 e. The normalized spacial score (nSPS) is 14.9. The van der Waals surface area contributed by atoms with Gasteiger partial charge in [0.25, 0.3) is 0 Å². The molecule has 0 saturated heterocycles. The first-order valence-corrected chi connectivity index (χ1v) is 9.18. The predicted molar refractivity (Wildman–Crippen MR) is 104 cm³/mol. The Morgan fingerprint density at radius 1 is 0.633 bits per heavy atom. The second-order valence-electron chi connectivity index (χ2n) is 7.85. The Hall–Kier alpha value is -2.96. The summed E-state index contributed by atoms with van der Waals surface area (Å²) in [6.07, 6.45) is -9.78. The lowest BCUT2D eigenvalue weighted by Gasteiger charge is -2.22. The van der Waals surface area contributed by atoms with Crippen molar-refractivity contribution in [2.24, 2.45) is 0 Å². The molecule has 0 unspecified atom stereocenters. The third-order valence-corrected chi connectivity index (χ3v) is 5.46. The first-order valence-electron chi connectivity index (χ1n) is 9.18. The Labute approximate surface area is 169 Å². The quantitative estimate of drug-likeness (QED) is 0.417. The molecule has 1 nitrogen and oxygen atoms in total. The zero-order valence-electron chi connectivity index (χ0n) is 16.0. The van der Waals surface area contributed by atoms with Crippen molar-refractivity contribution >= 4 is 11.4 Å². The van der Waals surface area contributed by atoms with Crippen LogP contribution in [0.1, 0.15) is 36.1 Å². The Balaban J connectivity index is 1.76. The second-order valence-corrected chi connectivity index (χ2v) is 7.85. The molecule has 0 saturated carbocycles. The van der Waals surface area contributed by atoms with Gasteiger partial charge in [0, 0.05) is 16.8 Å². The number of benzene rings is 3.